The average molecular weight is 463 g/mol. The fourth-order valence-electron chi connectivity index (χ4n) is 3.49. The van der Waals surface area contributed by atoms with Crippen LogP contribution in [0.5, 0.6) is 5.75 Å². The zero-order valence-corrected chi connectivity index (χ0v) is 19.0. The number of amides is 2. The van der Waals surface area contributed by atoms with E-state index in [4.69, 9.17) is 16.3 Å². The Kier molecular flexibility index (Phi) is 6.60. The van der Waals surface area contributed by atoms with Crippen LogP contribution in [0.15, 0.2) is 71.7 Å². The van der Waals surface area contributed by atoms with Crippen LogP contribution in [0.2, 0.25) is 5.02 Å². The Bertz CT molecular complexity index is 1210. The largest absolute Gasteiger partial charge is 0.497 e. The number of rotatable bonds is 6. The van der Waals surface area contributed by atoms with Crippen molar-refractivity contribution in [2.75, 3.05) is 37.9 Å². The van der Waals surface area contributed by atoms with Crippen LogP contribution in [-0.2, 0) is 0 Å². The Labute approximate surface area is 197 Å². The molecule has 2 amide bonds. The first-order valence-electron chi connectivity index (χ1n) is 10.4. The van der Waals surface area contributed by atoms with Gasteiger partial charge in [-0.25, -0.2) is 0 Å². The van der Waals surface area contributed by atoms with E-state index in [0.29, 0.717) is 27.7 Å². The number of hydrogen-bond acceptors (Lipinski definition) is 5. The molecule has 1 aliphatic rings. The van der Waals surface area contributed by atoms with Gasteiger partial charge in [0.05, 0.1) is 24.9 Å². The molecule has 3 aromatic carbocycles. The highest BCUT2D eigenvalue weighted by atomic mass is 35.5. The van der Waals surface area contributed by atoms with Crippen molar-refractivity contribution in [3.05, 3.63) is 88.4 Å². The Morgan fingerprint density at radius 3 is 2.33 bits per heavy atom. The normalized spacial score (nSPS) is 12.8. The number of hydrogen-bond donors (Lipinski definition) is 2. The van der Waals surface area contributed by atoms with Gasteiger partial charge in [-0.1, -0.05) is 23.7 Å². The lowest BCUT2D eigenvalue weighted by Gasteiger charge is -2.15. The average Bonchev–Trinajstić information content (AvgIpc) is 3.26. The van der Waals surface area contributed by atoms with Crippen molar-refractivity contribution in [1.82, 2.24) is 4.90 Å². The molecule has 168 valence electrons. The molecule has 1 heterocycles. The number of anilines is 2. The predicted octanol–water partition coefficient (Wildman–Crippen LogP) is 4.55. The topological polar surface area (TPSA) is 83.0 Å². The number of benzene rings is 3. The molecule has 2 N–H and O–H groups in total. The van der Waals surface area contributed by atoms with Crippen molar-refractivity contribution in [3.63, 3.8) is 0 Å². The Hall–Kier alpha value is -3.84. The molecule has 0 fully saturated rings. The summed E-state index contributed by atoms with van der Waals surface area (Å²) in [6.07, 6.45) is 0. The molecule has 0 aliphatic carbocycles. The maximum Gasteiger partial charge on any atom is 0.257 e. The van der Waals surface area contributed by atoms with E-state index in [1.54, 1.807) is 54.6 Å². The second kappa shape index (κ2) is 9.75. The highest BCUT2D eigenvalue weighted by molar-refractivity contribution is 6.30. The first-order valence-corrected chi connectivity index (χ1v) is 10.7. The number of carbonyl (C=O) groups excluding carboxylic acids is 2. The molecule has 3 aromatic rings. The van der Waals surface area contributed by atoms with Crippen LogP contribution >= 0.6 is 11.6 Å². The second-order valence-corrected chi connectivity index (χ2v) is 7.97. The molecule has 0 saturated heterocycles. The minimum atomic E-state index is -0.385. The molecule has 33 heavy (non-hydrogen) atoms. The van der Waals surface area contributed by atoms with E-state index < -0.39 is 0 Å². The van der Waals surface area contributed by atoms with Gasteiger partial charge in [0.1, 0.15) is 11.6 Å². The lowest BCUT2D eigenvalue weighted by atomic mass is 10.1. The van der Waals surface area contributed by atoms with Gasteiger partial charge in [-0.15, -0.1) is 0 Å². The highest BCUT2D eigenvalue weighted by Crippen LogP contribution is 2.25. The van der Waals surface area contributed by atoms with Crippen LogP contribution in [0.1, 0.15) is 26.3 Å². The van der Waals surface area contributed by atoms with E-state index >= 15 is 0 Å². The van der Waals surface area contributed by atoms with Crippen molar-refractivity contribution in [3.8, 4) is 5.75 Å². The highest BCUT2D eigenvalue weighted by Gasteiger charge is 2.18. The quantitative estimate of drug-likeness (QED) is 0.563. The van der Waals surface area contributed by atoms with Crippen molar-refractivity contribution >= 4 is 40.6 Å². The number of aliphatic imine (C=N–C) groups is 1. The predicted molar refractivity (Wildman–Crippen MR) is 131 cm³/mol. The van der Waals surface area contributed by atoms with E-state index in [9.17, 15) is 9.59 Å². The van der Waals surface area contributed by atoms with Crippen LogP contribution in [0, 0.1) is 0 Å². The molecule has 0 radical (unpaired) electrons. The lowest BCUT2D eigenvalue weighted by Crippen LogP contribution is -2.23. The van der Waals surface area contributed by atoms with Gasteiger partial charge in [-0.05, 0) is 54.6 Å². The zero-order chi connectivity index (χ0) is 23.4. The minimum Gasteiger partial charge on any atom is -0.497 e. The van der Waals surface area contributed by atoms with Gasteiger partial charge < -0.3 is 20.3 Å². The van der Waals surface area contributed by atoms with Gasteiger partial charge in [0.2, 0.25) is 0 Å². The van der Waals surface area contributed by atoms with Gasteiger partial charge in [0.15, 0.2) is 0 Å². The molecule has 7 nitrogen and oxygen atoms in total. The summed E-state index contributed by atoms with van der Waals surface area (Å²) >= 11 is 5.91. The number of methoxy groups -OCH3 is 1. The Morgan fingerprint density at radius 2 is 1.70 bits per heavy atom. The number of halogens is 1. The van der Waals surface area contributed by atoms with E-state index in [2.05, 4.69) is 20.5 Å². The van der Waals surface area contributed by atoms with Gasteiger partial charge in [-0.2, -0.15) is 0 Å². The number of likely N-dealkylation sites (N-methyl/N-ethyl adjacent to an activating group) is 1. The molecule has 8 heteroatoms. The number of nitrogens with one attached hydrogen (secondary N) is 2. The molecular formula is C25H23ClN4O3. The third-order valence-electron chi connectivity index (χ3n) is 5.29. The third kappa shape index (κ3) is 5.15. The van der Waals surface area contributed by atoms with Crippen LogP contribution in [0.25, 0.3) is 0 Å². The van der Waals surface area contributed by atoms with Crippen LogP contribution in [0.3, 0.4) is 0 Å². The molecule has 0 atom stereocenters. The van der Waals surface area contributed by atoms with Crippen molar-refractivity contribution in [2.45, 2.75) is 0 Å². The summed E-state index contributed by atoms with van der Waals surface area (Å²) in [5.41, 5.74) is 2.66. The summed E-state index contributed by atoms with van der Waals surface area (Å²) < 4.78 is 5.26. The maximum absolute atomic E-state index is 13.0. The first kappa shape index (κ1) is 22.4. The van der Waals surface area contributed by atoms with Crippen LogP contribution in [-0.4, -0.2) is 49.8 Å². The van der Waals surface area contributed by atoms with Crippen molar-refractivity contribution < 1.29 is 14.3 Å². The molecule has 0 saturated carbocycles. The second-order valence-electron chi connectivity index (χ2n) is 7.53. The maximum atomic E-state index is 13.0. The third-order valence-corrected chi connectivity index (χ3v) is 5.54. The fourth-order valence-corrected chi connectivity index (χ4v) is 3.61. The molecule has 0 unspecified atom stereocenters. The lowest BCUT2D eigenvalue weighted by molar-refractivity contribution is 0.102. The molecule has 1 aliphatic heterocycles. The van der Waals surface area contributed by atoms with Crippen LogP contribution < -0.4 is 15.4 Å². The Morgan fingerprint density at radius 1 is 0.970 bits per heavy atom. The smallest absolute Gasteiger partial charge is 0.257 e. The summed E-state index contributed by atoms with van der Waals surface area (Å²) in [5.74, 6) is 0.705. The van der Waals surface area contributed by atoms with Crippen molar-refractivity contribution in [1.29, 1.82) is 0 Å². The van der Waals surface area contributed by atoms with E-state index in [0.717, 1.165) is 24.5 Å². The molecular weight excluding hydrogens is 440 g/mol. The Balaban J connectivity index is 1.54. The van der Waals surface area contributed by atoms with Gasteiger partial charge in [0.25, 0.3) is 11.8 Å². The van der Waals surface area contributed by atoms with Gasteiger partial charge in [-0.3, -0.25) is 14.6 Å². The number of carbonyl (C=O) groups is 2. The summed E-state index contributed by atoms with van der Waals surface area (Å²) in [6, 6.07) is 18.9. The standard InChI is InChI=1S/C25H23ClN4O3/c1-30-14-13-27-23(30)16-3-5-17(6-4-16)24(31)29-22-12-11-20(33-2)15-21(22)25(32)28-19-9-7-18(26)8-10-19/h3-12,15H,13-14H2,1-2H3,(H,28,32)(H,29,31). The summed E-state index contributed by atoms with van der Waals surface area (Å²) in [5, 5.41) is 6.21. The number of ether oxygens (including phenoxy) is 1. The van der Waals surface area contributed by atoms with E-state index in [1.807, 2.05) is 19.2 Å². The number of amidine groups is 1. The monoisotopic (exact) mass is 462 g/mol. The molecule has 4 rings (SSSR count). The number of nitrogens with zero attached hydrogens (tertiary/aromatic N) is 2. The minimum absolute atomic E-state index is 0.274. The van der Waals surface area contributed by atoms with Gasteiger partial charge in [0, 0.05) is 35.4 Å². The van der Waals surface area contributed by atoms with E-state index in [1.165, 1.54) is 7.11 Å². The van der Waals surface area contributed by atoms with Crippen LogP contribution in [0.4, 0.5) is 11.4 Å². The first-order chi connectivity index (χ1) is 15.9. The molecule has 0 spiro atoms. The van der Waals surface area contributed by atoms with E-state index in [-0.39, 0.29) is 17.4 Å². The molecule has 0 bridgehead atoms. The fraction of sp³-hybridized carbons (Fsp3) is 0.160. The SMILES string of the molecule is COc1ccc(NC(=O)c2ccc(C3=NCCN3C)cc2)c(C(=O)Nc2ccc(Cl)cc2)c1. The molecule has 0 aromatic heterocycles. The van der Waals surface area contributed by atoms with Gasteiger partial charge >= 0.3 is 0 Å². The zero-order valence-electron chi connectivity index (χ0n) is 18.3. The van der Waals surface area contributed by atoms with Crippen molar-refractivity contribution in [2.24, 2.45) is 4.99 Å². The summed E-state index contributed by atoms with van der Waals surface area (Å²) in [7, 11) is 3.51. The summed E-state index contributed by atoms with van der Waals surface area (Å²) in [4.78, 5) is 32.4. The summed E-state index contributed by atoms with van der Waals surface area (Å²) in [6.45, 7) is 1.66.